The second-order valence-corrected chi connectivity index (χ2v) is 6.59. The number of hydrogen-bond acceptors (Lipinski definition) is 5. The van der Waals surface area contributed by atoms with Crippen molar-refractivity contribution in [2.45, 2.75) is 32.0 Å². The third kappa shape index (κ3) is 4.29. The summed E-state index contributed by atoms with van der Waals surface area (Å²) in [7, 11) is 0. The summed E-state index contributed by atoms with van der Waals surface area (Å²) >= 11 is 0. The van der Waals surface area contributed by atoms with Gasteiger partial charge in [0.25, 0.3) is 11.8 Å². The number of hydrogen-bond donors (Lipinski definition) is 2. The minimum absolute atomic E-state index is 0.0154. The number of carbonyl (C=O) groups is 2. The summed E-state index contributed by atoms with van der Waals surface area (Å²) in [5.74, 6) is -1.67. The first-order chi connectivity index (χ1) is 13.6. The molecule has 1 aromatic carbocycles. The number of alkyl halides is 3. The van der Waals surface area contributed by atoms with Crippen molar-refractivity contribution < 1.29 is 28.0 Å². The van der Waals surface area contributed by atoms with E-state index in [-0.39, 0.29) is 24.3 Å². The van der Waals surface area contributed by atoms with Crippen LogP contribution >= 0.6 is 0 Å². The zero-order chi connectivity index (χ0) is 21.3. The molecule has 1 fully saturated rings. The molecule has 1 saturated heterocycles. The Labute approximate surface area is 162 Å². The molecular formula is C18H17F3N4O4. The number of benzene rings is 1. The van der Waals surface area contributed by atoms with Crippen LogP contribution in [0.15, 0.2) is 35.1 Å². The number of aromatic nitrogens is 2. The van der Waals surface area contributed by atoms with Gasteiger partial charge in [-0.15, -0.1) is 0 Å². The molecule has 1 aliphatic heterocycles. The minimum atomic E-state index is -4.57. The molecule has 29 heavy (non-hydrogen) atoms. The highest BCUT2D eigenvalue weighted by atomic mass is 19.4. The van der Waals surface area contributed by atoms with Crippen molar-refractivity contribution in [3.63, 3.8) is 0 Å². The molecule has 1 atom stereocenters. The Kier molecular flexibility index (Phi) is 5.42. The van der Waals surface area contributed by atoms with E-state index in [4.69, 9.17) is 0 Å². The molecule has 1 unspecified atom stereocenters. The fourth-order valence-corrected chi connectivity index (χ4v) is 3.00. The van der Waals surface area contributed by atoms with E-state index in [1.165, 1.54) is 19.1 Å². The first-order valence-electron chi connectivity index (χ1n) is 8.67. The average Bonchev–Trinajstić information content (AvgIpc) is 2.65. The van der Waals surface area contributed by atoms with Gasteiger partial charge in [-0.1, -0.05) is 6.07 Å². The van der Waals surface area contributed by atoms with Crippen LogP contribution in [0.2, 0.25) is 0 Å². The van der Waals surface area contributed by atoms with Crippen LogP contribution in [0.3, 0.4) is 0 Å². The van der Waals surface area contributed by atoms with Crippen LogP contribution in [0.25, 0.3) is 5.69 Å². The van der Waals surface area contributed by atoms with Gasteiger partial charge in [-0.25, -0.2) is 9.75 Å². The molecule has 154 valence electrons. The van der Waals surface area contributed by atoms with Gasteiger partial charge in [0.1, 0.15) is 6.04 Å². The summed E-state index contributed by atoms with van der Waals surface area (Å²) in [4.78, 5) is 36.6. The molecule has 3 rings (SSSR count). The zero-order valence-electron chi connectivity index (χ0n) is 15.2. The van der Waals surface area contributed by atoms with Crippen molar-refractivity contribution in [1.29, 1.82) is 0 Å². The summed E-state index contributed by atoms with van der Waals surface area (Å²) in [6.07, 6.45) is -3.85. The molecular weight excluding hydrogens is 393 g/mol. The molecule has 0 spiro atoms. The van der Waals surface area contributed by atoms with Crippen LogP contribution in [-0.4, -0.2) is 44.5 Å². The van der Waals surface area contributed by atoms with Gasteiger partial charge in [-0.2, -0.15) is 18.3 Å². The van der Waals surface area contributed by atoms with Gasteiger partial charge in [0.2, 0.25) is 5.43 Å². The molecule has 2 aromatic rings. The van der Waals surface area contributed by atoms with Crippen LogP contribution in [0, 0.1) is 6.92 Å². The second-order valence-electron chi connectivity index (χ2n) is 6.59. The fraction of sp³-hybridized carbons (Fsp3) is 0.333. The Morgan fingerprint density at radius 2 is 2.00 bits per heavy atom. The molecule has 0 bridgehead atoms. The van der Waals surface area contributed by atoms with Gasteiger partial charge in [-0.05, 0) is 38.0 Å². The lowest BCUT2D eigenvalue weighted by Crippen LogP contribution is -2.51. The summed E-state index contributed by atoms with van der Waals surface area (Å²) in [5.41, 5.74) is -1.98. The van der Waals surface area contributed by atoms with Crippen LogP contribution in [0.4, 0.5) is 13.2 Å². The normalized spacial score (nSPS) is 17.3. The monoisotopic (exact) mass is 410 g/mol. The molecule has 0 radical (unpaired) electrons. The molecule has 2 N–H and O–H groups in total. The molecule has 1 aliphatic rings. The van der Waals surface area contributed by atoms with Crippen molar-refractivity contribution in [3.8, 4) is 5.69 Å². The van der Waals surface area contributed by atoms with E-state index in [0.29, 0.717) is 11.5 Å². The van der Waals surface area contributed by atoms with E-state index in [9.17, 15) is 32.8 Å². The first kappa shape index (κ1) is 20.5. The van der Waals surface area contributed by atoms with Gasteiger partial charge in [0.15, 0.2) is 5.69 Å². The average molecular weight is 410 g/mol. The van der Waals surface area contributed by atoms with Crippen LogP contribution in [0.1, 0.15) is 34.6 Å². The molecule has 2 amide bonds. The van der Waals surface area contributed by atoms with Gasteiger partial charge in [-0.3, -0.25) is 19.6 Å². The SMILES string of the molecule is Cc1cc(=O)c(C(=O)NC2CCCN(O)C2=O)nn1-c1cccc(C(F)(F)F)c1. The van der Waals surface area contributed by atoms with Crippen molar-refractivity contribution >= 4 is 11.8 Å². The predicted molar refractivity (Wildman–Crippen MR) is 93.6 cm³/mol. The largest absolute Gasteiger partial charge is 0.416 e. The molecule has 11 heteroatoms. The number of aryl methyl sites for hydroxylation is 1. The van der Waals surface area contributed by atoms with E-state index in [1.54, 1.807) is 0 Å². The Morgan fingerprint density at radius 1 is 1.28 bits per heavy atom. The number of nitrogens with one attached hydrogen (secondary N) is 1. The smallest absolute Gasteiger partial charge is 0.339 e. The Bertz CT molecular complexity index is 1020. The maximum atomic E-state index is 13.0. The maximum Gasteiger partial charge on any atom is 0.416 e. The number of carbonyl (C=O) groups excluding carboxylic acids is 2. The highest BCUT2D eigenvalue weighted by Crippen LogP contribution is 2.30. The van der Waals surface area contributed by atoms with Crippen LogP contribution in [-0.2, 0) is 11.0 Å². The summed E-state index contributed by atoms with van der Waals surface area (Å²) < 4.78 is 40.0. The summed E-state index contributed by atoms with van der Waals surface area (Å²) in [6.45, 7) is 1.60. The lowest BCUT2D eigenvalue weighted by Gasteiger charge is -2.27. The fourth-order valence-electron chi connectivity index (χ4n) is 3.00. The molecule has 0 saturated carbocycles. The van der Waals surface area contributed by atoms with Crippen LogP contribution in [0.5, 0.6) is 0 Å². The van der Waals surface area contributed by atoms with E-state index in [2.05, 4.69) is 10.4 Å². The predicted octanol–water partition coefficient (Wildman–Crippen LogP) is 1.67. The standard InChI is InChI=1S/C18H17F3N4O4/c1-10-8-14(26)15(16(27)22-13-6-3-7-24(29)17(13)28)23-25(10)12-5-2-4-11(9-12)18(19,20)21/h2,4-5,8-9,13,29H,3,6-7H2,1H3,(H,22,27). The van der Waals surface area contributed by atoms with Gasteiger partial charge in [0, 0.05) is 18.3 Å². The van der Waals surface area contributed by atoms with Crippen molar-refractivity contribution in [1.82, 2.24) is 20.2 Å². The molecule has 0 aliphatic carbocycles. The van der Waals surface area contributed by atoms with Gasteiger partial charge < -0.3 is 5.32 Å². The molecule has 1 aromatic heterocycles. The topological polar surface area (TPSA) is 105 Å². The van der Waals surface area contributed by atoms with Crippen molar-refractivity contribution in [3.05, 3.63) is 57.5 Å². The Hall–Kier alpha value is -3.21. The second kappa shape index (κ2) is 7.66. The summed E-state index contributed by atoms with van der Waals surface area (Å²) in [5, 5.41) is 16.2. The number of hydroxylamine groups is 2. The van der Waals surface area contributed by atoms with E-state index < -0.39 is 40.7 Å². The van der Waals surface area contributed by atoms with E-state index in [1.807, 2.05) is 0 Å². The highest BCUT2D eigenvalue weighted by molar-refractivity contribution is 5.95. The molecule has 2 heterocycles. The Morgan fingerprint density at radius 3 is 2.69 bits per heavy atom. The van der Waals surface area contributed by atoms with Crippen molar-refractivity contribution in [2.24, 2.45) is 0 Å². The van der Waals surface area contributed by atoms with Crippen molar-refractivity contribution in [2.75, 3.05) is 6.54 Å². The van der Waals surface area contributed by atoms with E-state index >= 15 is 0 Å². The lowest BCUT2D eigenvalue weighted by molar-refractivity contribution is -0.172. The summed E-state index contributed by atoms with van der Waals surface area (Å²) in [6, 6.07) is 4.34. The van der Waals surface area contributed by atoms with Crippen LogP contribution < -0.4 is 10.7 Å². The van der Waals surface area contributed by atoms with Gasteiger partial charge >= 0.3 is 6.18 Å². The highest BCUT2D eigenvalue weighted by Gasteiger charge is 2.32. The van der Waals surface area contributed by atoms with E-state index in [0.717, 1.165) is 22.9 Å². The molecule has 8 nitrogen and oxygen atoms in total. The number of nitrogens with zero attached hydrogens (tertiary/aromatic N) is 3. The first-order valence-corrected chi connectivity index (χ1v) is 8.67. The number of piperidine rings is 1. The minimum Gasteiger partial charge on any atom is -0.339 e. The third-order valence-corrected chi connectivity index (χ3v) is 4.46. The zero-order valence-corrected chi connectivity index (χ0v) is 15.2. The third-order valence-electron chi connectivity index (χ3n) is 4.46. The number of rotatable bonds is 3. The van der Waals surface area contributed by atoms with Gasteiger partial charge in [0.05, 0.1) is 11.3 Å². The number of halogens is 3. The lowest BCUT2D eigenvalue weighted by atomic mass is 10.1. The quantitative estimate of drug-likeness (QED) is 0.749. The maximum absolute atomic E-state index is 13.0. The number of amides is 2. The Balaban J connectivity index is 1.95.